The maximum Gasteiger partial charge on any atom is 0.305 e. The normalized spacial score (nSPS) is 16.0. The van der Waals surface area contributed by atoms with Gasteiger partial charge in [0.05, 0.1) is 53.4 Å². The van der Waals surface area contributed by atoms with Crippen molar-refractivity contribution < 1.29 is 47.2 Å². The van der Waals surface area contributed by atoms with E-state index in [2.05, 4.69) is 76.4 Å². The molecule has 14 nitrogen and oxygen atoms in total. The zero-order valence-electron chi connectivity index (χ0n) is 48.0. The molecular weight excluding hydrogens is 981 g/mol. The lowest BCUT2D eigenvalue weighted by Gasteiger charge is -2.33. The van der Waals surface area contributed by atoms with E-state index in [4.69, 9.17) is 9.47 Å². The first-order valence-corrected chi connectivity index (χ1v) is 29.9. The molecule has 5 aromatic rings. The number of imide groups is 2. The highest BCUT2D eigenvalue weighted by Crippen LogP contribution is 2.52. The number of unbranched alkanes of at least 4 members (excludes halogenated alkanes) is 14. The Morgan fingerprint density at radius 1 is 0.410 bits per heavy atom. The molecule has 4 heterocycles. The van der Waals surface area contributed by atoms with Crippen LogP contribution in [0.4, 0.5) is 11.4 Å². The Hall–Kier alpha value is -5.86. The van der Waals surface area contributed by atoms with Gasteiger partial charge in [0.25, 0.3) is 23.6 Å². The number of ether oxygens (including phenoxy) is 2. The molecule has 2 fully saturated rings. The number of carbonyl (C=O) groups is 6. The Balaban J connectivity index is 0.894. The van der Waals surface area contributed by atoms with Crippen LogP contribution in [0.1, 0.15) is 183 Å². The highest BCUT2D eigenvalue weighted by molar-refractivity contribution is 6.44. The third kappa shape index (κ3) is 12.8. The fourth-order valence-corrected chi connectivity index (χ4v) is 12.6. The number of hydrogen-bond acceptors (Lipinski definition) is 10. The van der Waals surface area contributed by atoms with E-state index in [1.54, 1.807) is 0 Å². The molecule has 0 N–H and O–H groups in total. The van der Waals surface area contributed by atoms with Crippen LogP contribution >= 0.6 is 0 Å². The summed E-state index contributed by atoms with van der Waals surface area (Å²) >= 11 is 0. The number of hydrogen-bond donors (Lipinski definition) is 0. The van der Waals surface area contributed by atoms with E-state index in [-0.39, 0.29) is 35.6 Å². The molecule has 78 heavy (non-hydrogen) atoms. The molecule has 9 rings (SSSR count). The minimum atomic E-state index is -0.250. The molecule has 0 aromatic heterocycles. The van der Waals surface area contributed by atoms with Gasteiger partial charge in [-0.05, 0) is 86.4 Å². The van der Waals surface area contributed by atoms with Crippen molar-refractivity contribution >= 4 is 90.0 Å². The zero-order chi connectivity index (χ0) is 55.1. The summed E-state index contributed by atoms with van der Waals surface area (Å²) in [6.07, 6.45) is 20.6. The van der Waals surface area contributed by atoms with Crippen LogP contribution in [0.15, 0.2) is 36.4 Å². The molecule has 2 saturated heterocycles. The van der Waals surface area contributed by atoms with E-state index in [0.29, 0.717) is 72.2 Å². The number of carbonyl (C=O) groups excluding carboxylic acids is 6. The Kier molecular flexibility index (Phi) is 18.3. The molecular formula is C64H88N6O8+2. The number of rotatable bonds is 30. The van der Waals surface area contributed by atoms with Gasteiger partial charge in [-0.15, -0.1) is 0 Å². The Morgan fingerprint density at radius 3 is 1.08 bits per heavy atom. The van der Waals surface area contributed by atoms with Gasteiger partial charge in [0.15, 0.2) is 0 Å². The quantitative estimate of drug-likeness (QED) is 0.0109. The summed E-state index contributed by atoms with van der Waals surface area (Å²) in [7, 11) is 12.5. The van der Waals surface area contributed by atoms with Gasteiger partial charge >= 0.3 is 11.9 Å². The Labute approximate surface area is 462 Å². The molecule has 0 radical (unpaired) electrons. The first kappa shape index (κ1) is 56.8. The van der Waals surface area contributed by atoms with Gasteiger partial charge in [0.1, 0.15) is 26.3 Å². The van der Waals surface area contributed by atoms with E-state index in [9.17, 15) is 28.8 Å². The molecule has 0 aliphatic carbocycles. The molecule has 0 spiro atoms. The van der Waals surface area contributed by atoms with Crippen LogP contribution in [0.25, 0.3) is 43.1 Å². The number of quaternary nitrogens is 2. The van der Waals surface area contributed by atoms with Crippen LogP contribution in [0.5, 0.6) is 0 Å². The fraction of sp³-hybridized carbons (Fsp3) is 0.594. The Morgan fingerprint density at radius 2 is 0.731 bits per heavy atom. The predicted molar refractivity (Wildman–Crippen MR) is 312 cm³/mol. The highest BCUT2D eigenvalue weighted by atomic mass is 16.5. The average molecular weight is 1070 g/mol. The van der Waals surface area contributed by atoms with Crippen LogP contribution in [0.2, 0.25) is 0 Å². The molecule has 0 atom stereocenters. The van der Waals surface area contributed by atoms with E-state index < -0.39 is 0 Å². The maximum absolute atomic E-state index is 14.9. The molecule has 0 unspecified atom stereocenters. The second-order valence-corrected chi connectivity index (χ2v) is 25.0. The second-order valence-electron chi connectivity index (χ2n) is 25.0. The minimum Gasteiger partial charge on any atom is -0.460 e. The molecule has 4 amide bonds. The highest BCUT2D eigenvalue weighted by Gasteiger charge is 2.39. The van der Waals surface area contributed by atoms with Crippen LogP contribution in [0, 0.1) is 0 Å². The van der Waals surface area contributed by atoms with E-state index in [1.807, 2.05) is 12.1 Å². The zero-order valence-corrected chi connectivity index (χ0v) is 48.0. The van der Waals surface area contributed by atoms with Crippen LogP contribution < -0.4 is 9.80 Å². The van der Waals surface area contributed by atoms with Crippen molar-refractivity contribution in [1.29, 1.82) is 0 Å². The summed E-state index contributed by atoms with van der Waals surface area (Å²) in [4.78, 5) is 91.0. The predicted octanol–water partition coefficient (Wildman–Crippen LogP) is 11.7. The van der Waals surface area contributed by atoms with Gasteiger partial charge in [-0.25, -0.2) is 0 Å². The van der Waals surface area contributed by atoms with Crippen molar-refractivity contribution in [3.63, 3.8) is 0 Å². The summed E-state index contributed by atoms with van der Waals surface area (Å²) in [5, 5.41) is 7.12. The van der Waals surface area contributed by atoms with E-state index in [1.165, 1.54) is 9.80 Å². The molecule has 0 bridgehead atoms. The lowest BCUT2D eigenvalue weighted by atomic mass is 9.80. The number of likely N-dealkylation sites (N-methyl/N-ethyl adjacent to an activating group) is 2. The number of nitrogens with zero attached hydrogens (tertiary/aromatic N) is 6. The molecule has 4 aliphatic heterocycles. The second kappa shape index (κ2) is 25.1. The van der Waals surface area contributed by atoms with E-state index in [0.717, 1.165) is 220 Å². The monoisotopic (exact) mass is 1070 g/mol. The minimum absolute atomic E-state index is 0.111. The van der Waals surface area contributed by atoms with Crippen molar-refractivity contribution in [3.8, 4) is 0 Å². The van der Waals surface area contributed by atoms with Gasteiger partial charge in [0.2, 0.25) is 0 Å². The van der Waals surface area contributed by atoms with Crippen molar-refractivity contribution in [2.75, 3.05) is 118 Å². The number of benzene rings is 5. The number of anilines is 2. The number of amides is 4. The van der Waals surface area contributed by atoms with Crippen molar-refractivity contribution in [3.05, 3.63) is 58.7 Å². The standard InChI is InChI=1S/C64H88N6O8/c1-69(2,3)39-41-77-53(71)27-19-15-11-7-9-13-17-21-37-67-61(73)47-31-29-45-58-52(66-35-25-26-36-66)44-50-56-48(32-30-46(60(56)58)57-51(65-33-23-24-34-65)43-49(63(67)75)55(47)59(45)57)62(74)68(64(50)76)38-22-18-14-10-8-12-16-20-28-54(72)78-42-40-70(4,5)6/h29-32,43-44H,7-28,33-42H2,1-6H3/q+2. The van der Waals surface area contributed by atoms with E-state index >= 15 is 0 Å². The van der Waals surface area contributed by atoms with Gasteiger partial charge in [-0.2, -0.15) is 0 Å². The molecule has 14 heteroatoms. The average Bonchev–Trinajstić information content (AvgIpc) is 2.60. The van der Waals surface area contributed by atoms with Crippen LogP contribution in [0.3, 0.4) is 0 Å². The fourth-order valence-electron chi connectivity index (χ4n) is 12.6. The number of esters is 2. The third-order valence-electron chi connectivity index (χ3n) is 16.9. The topological polar surface area (TPSA) is 134 Å². The lowest BCUT2D eigenvalue weighted by Crippen LogP contribution is -2.41. The van der Waals surface area contributed by atoms with Crippen molar-refractivity contribution in [2.24, 2.45) is 0 Å². The van der Waals surface area contributed by atoms with Crippen molar-refractivity contribution in [2.45, 2.75) is 141 Å². The SMILES string of the molecule is C[N+](C)(C)CCOC(=O)CCCCCCCCCCN1C(=O)c2ccc3c4c(N5CCCC5)cc5c6c(ccc(c7c(N8CCCC8)cc(c2c37)C1=O)c64)C(=O)N(CCCCCCCCCCC(=O)OCC[N+](C)(C)C)C5=O. The van der Waals surface area contributed by atoms with Gasteiger partial charge in [-0.1, -0.05) is 89.2 Å². The first-order chi connectivity index (χ1) is 37.5. The molecule has 4 aliphatic rings. The van der Waals surface area contributed by atoms with Crippen LogP contribution in [-0.4, -0.2) is 162 Å². The number of fused-ring (bicyclic) bond motifs is 2. The summed E-state index contributed by atoms with van der Waals surface area (Å²) in [5.41, 5.74) is 4.19. The third-order valence-corrected chi connectivity index (χ3v) is 16.9. The Bertz CT molecular complexity index is 2810. The largest absolute Gasteiger partial charge is 0.460 e. The summed E-state index contributed by atoms with van der Waals surface area (Å²) in [6, 6.07) is 12.1. The maximum atomic E-state index is 14.9. The van der Waals surface area contributed by atoms with Gasteiger partial charge < -0.3 is 28.2 Å². The van der Waals surface area contributed by atoms with Crippen LogP contribution in [-0.2, 0) is 19.1 Å². The summed E-state index contributed by atoms with van der Waals surface area (Å²) in [6.45, 7) is 6.64. The molecule has 5 aromatic carbocycles. The lowest BCUT2D eigenvalue weighted by molar-refractivity contribution is -0.870. The molecule has 0 saturated carbocycles. The smallest absolute Gasteiger partial charge is 0.305 e. The van der Waals surface area contributed by atoms with Crippen molar-refractivity contribution in [1.82, 2.24) is 9.80 Å². The summed E-state index contributed by atoms with van der Waals surface area (Å²) in [5.74, 6) is -1.20. The summed E-state index contributed by atoms with van der Waals surface area (Å²) < 4.78 is 12.3. The van der Waals surface area contributed by atoms with Gasteiger partial charge in [0, 0.05) is 107 Å². The first-order valence-electron chi connectivity index (χ1n) is 29.9. The van der Waals surface area contributed by atoms with Gasteiger partial charge in [-0.3, -0.25) is 38.6 Å². The molecule has 420 valence electrons.